The Labute approximate surface area is 112 Å². The molecule has 1 heterocycles. The number of hydrogen-bond donors (Lipinski definition) is 3. The minimum Gasteiger partial charge on any atom is -0.478 e. The van der Waals surface area contributed by atoms with E-state index in [1.165, 1.54) is 13.2 Å². The number of nitrogens with zero attached hydrogens (tertiary/aromatic N) is 2. The van der Waals surface area contributed by atoms with Gasteiger partial charge in [-0.2, -0.15) is 0 Å². The number of dihydropyridines is 1. The summed E-state index contributed by atoms with van der Waals surface area (Å²) in [6.45, 7) is 0.757. The molecule has 0 amide bonds. The molecule has 108 valence electrons. The zero-order valence-electron chi connectivity index (χ0n) is 11.7. The monoisotopic (exact) mass is 271 g/mol. The van der Waals surface area contributed by atoms with E-state index in [2.05, 4.69) is 10.6 Å². The lowest BCUT2D eigenvalue weighted by atomic mass is 9.98. The van der Waals surface area contributed by atoms with E-state index in [0.717, 1.165) is 6.54 Å². The molecule has 1 rings (SSSR count). The molecule has 0 aromatic heterocycles. The lowest BCUT2D eigenvalue weighted by Crippen LogP contribution is -2.61. The van der Waals surface area contributed by atoms with Crippen LogP contribution in [0.25, 0.3) is 0 Å². The fraction of sp³-hybridized carbons (Fsp3) is 0.636. The molecule has 0 spiro atoms. The van der Waals surface area contributed by atoms with Crippen LogP contribution in [0.5, 0.6) is 0 Å². The number of hydrogen-bond acceptors (Lipinski definition) is 7. The van der Waals surface area contributed by atoms with Crippen LogP contribution in [-0.2, 0) is 4.74 Å². The predicted octanol–water partition coefficient (Wildman–Crippen LogP) is -0.608. The Balaban J connectivity index is 3.07. The third-order valence-corrected chi connectivity index (χ3v) is 3.11. The minimum atomic E-state index is -0.741. The van der Waals surface area contributed by atoms with Gasteiger partial charge in [-0.05, 0) is 21.1 Å². The Hall–Kier alpha value is -1.80. The summed E-state index contributed by atoms with van der Waals surface area (Å²) < 4.78 is 5.05. The van der Waals surface area contributed by atoms with Crippen molar-refractivity contribution in [3.05, 3.63) is 33.5 Å². The first-order chi connectivity index (χ1) is 8.86. The van der Waals surface area contributed by atoms with Crippen LogP contribution in [0.1, 0.15) is 6.42 Å². The molecule has 0 bridgehead atoms. The van der Waals surface area contributed by atoms with Gasteiger partial charge in [-0.25, -0.2) is 0 Å². The van der Waals surface area contributed by atoms with E-state index in [0.29, 0.717) is 12.1 Å². The number of rotatable bonds is 6. The van der Waals surface area contributed by atoms with Crippen LogP contribution in [0.4, 0.5) is 0 Å². The molecule has 1 unspecified atom stereocenters. The van der Waals surface area contributed by atoms with Crippen molar-refractivity contribution in [1.29, 1.82) is 0 Å². The standard InChI is InChI=1S/C11H21N5O3/c1-13-11(5-6-15(2)3)9(12)7-8(16(17)18)10(14-11)19-4/h7,13-14H,5-6,12H2,1-4H3. The van der Waals surface area contributed by atoms with Crippen molar-refractivity contribution >= 4 is 0 Å². The van der Waals surface area contributed by atoms with Crippen LogP contribution in [-0.4, -0.2) is 50.3 Å². The summed E-state index contributed by atoms with van der Waals surface area (Å²) in [6.07, 6.45) is 1.97. The van der Waals surface area contributed by atoms with E-state index in [9.17, 15) is 10.1 Å². The average molecular weight is 271 g/mol. The number of nitrogens with one attached hydrogen (secondary N) is 2. The SMILES string of the molecule is CNC1(CCN(C)C)NC(OC)=C([N+](=O)[O-])C=C1N. The van der Waals surface area contributed by atoms with Gasteiger partial charge in [-0.15, -0.1) is 0 Å². The first-order valence-electron chi connectivity index (χ1n) is 5.88. The molecule has 1 aliphatic rings. The van der Waals surface area contributed by atoms with E-state index in [4.69, 9.17) is 10.5 Å². The molecule has 0 aromatic carbocycles. The van der Waals surface area contributed by atoms with E-state index in [1.807, 2.05) is 19.0 Å². The van der Waals surface area contributed by atoms with Gasteiger partial charge in [0.1, 0.15) is 5.66 Å². The number of nitro groups is 1. The summed E-state index contributed by atoms with van der Waals surface area (Å²) in [5, 5.41) is 17.0. The fourth-order valence-electron chi connectivity index (χ4n) is 1.89. The van der Waals surface area contributed by atoms with Crippen molar-refractivity contribution in [3.63, 3.8) is 0 Å². The van der Waals surface area contributed by atoms with Crippen molar-refractivity contribution in [1.82, 2.24) is 15.5 Å². The quantitative estimate of drug-likeness (QED) is 0.437. The molecule has 0 aromatic rings. The zero-order chi connectivity index (χ0) is 14.6. The number of ether oxygens (including phenoxy) is 1. The van der Waals surface area contributed by atoms with Crippen molar-refractivity contribution < 1.29 is 9.66 Å². The molecule has 1 aliphatic heterocycles. The van der Waals surface area contributed by atoms with Crippen molar-refractivity contribution in [2.45, 2.75) is 12.1 Å². The first kappa shape index (κ1) is 15.3. The van der Waals surface area contributed by atoms with Gasteiger partial charge in [0.05, 0.1) is 17.7 Å². The molecule has 0 fully saturated rings. The van der Waals surface area contributed by atoms with E-state index in [1.54, 1.807) is 7.05 Å². The largest absolute Gasteiger partial charge is 0.478 e. The van der Waals surface area contributed by atoms with E-state index < -0.39 is 10.6 Å². The number of allylic oxidation sites excluding steroid dienone is 1. The van der Waals surface area contributed by atoms with Gasteiger partial charge in [-0.3, -0.25) is 15.4 Å². The summed E-state index contributed by atoms with van der Waals surface area (Å²) in [6, 6.07) is 0. The Morgan fingerprint density at radius 3 is 2.68 bits per heavy atom. The maximum Gasteiger partial charge on any atom is 0.330 e. The molecule has 19 heavy (non-hydrogen) atoms. The molecule has 0 aliphatic carbocycles. The Kier molecular flexibility index (Phi) is 4.73. The summed E-state index contributed by atoms with van der Waals surface area (Å²) in [4.78, 5) is 12.4. The maximum atomic E-state index is 10.9. The normalized spacial score (nSPS) is 23.1. The van der Waals surface area contributed by atoms with Crippen LogP contribution >= 0.6 is 0 Å². The van der Waals surface area contributed by atoms with Crippen LogP contribution in [0.3, 0.4) is 0 Å². The van der Waals surface area contributed by atoms with Crippen LogP contribution in [0.2, 0.25) is 0 Å². The van der Waals surface area contributed by atoms with E-state index in [-0.39, 0.29) is 11.6 Å². The molecule has 0 radical (unpaired) electrons. The molecular formula is C11H21N5O3. The van der Waals surface area contributed by atoms with Crippen molar-refractivity contribution in [2.75, 3.05) is 34.8 Å². The van der Waals surface area contributed by atoms with Crippen molar-refractivity contribution in [2.24, 2.45) is 5.73 Å². The smallest absolute Gasteiger partial charge is 0.330 e. The van der Waals surface area contributed by atoms with Crippen LogP contribution < -0.4 is 16.4 Å². The third kappa shape index (κ3) is 3.15. The topological polar surface area (TPSA) is 106 Å². The minimum absolute atomic E-state index is 0.104. The molecule has 1 atom stereocenters. The Bertz CT molecular complexity index is 419. The molecular weight excluding hydrogens is 250 g/mol. The fourth-order valence-corrected chi connectivity index (χ4v) is 1.89. The average Bonchev–Trinajstić information content (AvgIpc) is 2.37. The lowest BCUT2D eigenvalue weighted by Gasteiger charge is -2.38. The highest BCUT2D eigenvalue weighted by Crippen LogP contribution is 2.24. The summed E-state index contributed by atoms with van der Waals surface area (Å²) in [7, 11) is 7.02. The highest BCUT2D eigenvalue weighted by molar-refractivity contribution is 5.32. The second-order valence-corrected chi connectivity index (χ2v) is 4.61. The van der Waals surface area contributed by atoms with E-state index >= 15 is 0 Å². The second-order valence-electron chi connectivity index (χ2n) is 4.61. The summed E-state index contributed by atoms with van der Waals surface area (Å²) in [5.41, 5.74) is 5.43. The number of likely N-dealkylation sites (N-methyl/N-ethyl adjacent to an activating group) is 1. The van der Waals surface area contributed by atoms with Gasteiger partial charge in [-0.1, -0.05) is 0 Å². The molecule has 0 saturated heterocycles. The van der Waals surface area contributed by atoms with Gasteiger partial charge in [0, 0.05) is 19.0 Å². The molecule has 8 heteroatoms. The third-order valence-electron chi connectivity index (χ3n) is 3.11. The summed E-state index contributed by atoms with van der Waals surface area (Å²) >= 11 is 0. The Morgan fingerprint density at radius 1 is 1.63 bits per heavy atom. The van der Waals surface area contributed by atoms with Gasteiger partial charge >= 0.3 is 5.70 Å². The van der Waals surface area contributed by atoms with Gasteiger partial charge in [0.15, 0.2) is 0 Å². The highest BCUT2D eigenvalue weighted by Gasteiger charge is 2.39. The maximum absolute atomic E-state index is 10.9. The number of methoxy groups -OCH3 is 1. The molecule has 0 saturated carbocycles. The summed E-state index contributed by atoms with van der Waals surface area (Å²) in [5.74, 6) is 0.104. The number of nitrogens with two attached hydrogens (primary N) is 1. The van der Waals surface area contributed by atoms with Gasteiger partial charge < -0.3 is 20.7 Å². The van der Waals surface area contributed by atoms with Crippen molar-refractivity contribution in [3.8, 4) is 0 Å². The van der Waals surface area contributed by atoms with Crippen LogP contribution in [0, 0.1) is 10.1 Å². The Morgan fingerprint density at radius 2 is 2.26 bits per heavy atom. The predicted molar refractivity (Wildman–Crippen MR) is 71.4 cm³/mol. The molecule has 4 N–H and O–H groups in total. The van der Waals surface area contributed by atoms with Gasteiger partial charge in [0.2, 0.25) is 0 Å². The van der Waals surface area contributed by atoms with Gasteiger partial charge in [0.25, 0.3) is 5.88 Å². The molecule has 8 nitrogen and oxygen atoms in total. The zero-order valence-corrected chi connectivity index (χ0v) is 11.7. The highest BCUT2D eigenvalue weighted by atomic mass is 16.6. The van der Waals surface area contributed by atoms with Crippen LogP contribution in [0.15, 0.2) is 23.4 Å². The lowest BCUT2D eigenvalue weighted by molar-refractivity contribution is -0.423. The first-order valence-corrected chi connectivity index (χ1v) is 5.88. The second kappa shape index (κ2) is 5.89.